The van der Waals surface area contributed by atoms with Gasteiger partial charge in [0.2, 0.25) is 11.8 Å². The van der Waals surface area contributed by atoms with Crippen LogP contribution in [-0.4, -0.2) is 31.3 Å². The Kier molecular flexibility index (Phi) is 5.37. The van der Waals surface area contributed by atoms with E-state index in [9.17, 15) is 0 Å². The minimum absolute atomic E-state index is 0.115. The van der Waals surface area contributed by atoms with Crippen LogP contribution in [0.2, 0.25) is 0 Å². The third kappa shape index (κ3) is 4.38. The monoisotopic (exact) mass is 393 g/mol. The highest BCUT2D eigenvalue weighted by atomic mass is 16.5. The highest BCUT2D eigenvalue weighted by Crippen LogP contribution is 2.42. The first kappa shape index (κ1) is 18.5. The fourth-order valence-corrected chi connectivity index (χ4v) is 3.92. The van der Waals surface area contributed by atoms with E-state index in [2.05, 4.69) is 34.5 Å². The zero-order chi connectivity index (χ0) is 19.5. The molecule has 0 spiro atoms. The van der Waals surface area contributed by atoms with E-state index in [4.69, 9.17) is 18.6 Å². The van der Waals surface area contributed by atoms with Gasteiger partial charge in [0.1, 0.15) is 11.5 Å². The second kappa shape index (κ2) is 8.43. The van der Waals surface area contributed by atoms with Gasteiger partial charge in [-0.15, -0.1) is 0 Å². The van der Waals surface area contributed by atoms with Gasteiger partial charge in [-0.2, -0.15) is 0 Å². The number of oxazole rings is 1. The van der Waals surface area contributed by atoms with Crippen molar-refractivity contribution in [1.82, 2.24) is 10.3 Å². The van der Waals surface area contributed by atoms with Crippen LogP contribution in [-0.2, 0) is 17.7 Å². The highest BCUT2D eigenvalue weighted by molar-refractivity contribution is 5.44. The van der Waals surface area contributed by atoms with Crippen LogP contribution in [0.15, 0.2) is 57.6 Å². The number of aromatic nitrogens is 1. The van der Waals surface area contributed by atoms with Crippen LogP contribution in [0.4, 0.5) is 5.88 Å². The zero-order valence-corrected chi connectivity index (χ0v) is 16.5. The van der Waals surface area contributed by atoms with Crippen LogP contribution in [0, 0.1) is 5.92 Å². The van der Waals surface area contributed by atoms with E-state index in [-0.39, 0.29) is 6.04 Å². The fourth-order valence-electron chi connectivity index (χ4n) is 3.92. The van der Waals surface area contributed by atoms with Gasteiger partial charge in [-0.1, -0.05) is 30.3 Å². The molecule has 5 rings (SSSR count). The van der Waals surface area contributed by atoms with Gasteiger partial charge >= 0.3 is 0 Å². The molecule has 3 heterocycles. The Morgan fingerprint density at radius 2 is 1.90 bits per heavy atom. The van der Waals surface area contributed by atoms with E-state index >= 15 is 0 Å². The van der Waals surface area contributed by atoms with Crippen LogP contribution >= 0.6 is 0 Å². The Hall–Kier alpha value is -2.57. The maximum atomic E-state index is 6.43. The van der Waals surface area contributed by atoms with Crippen molar-refractivity contribution in [2.45, 2.75) is 31.8 Å². The fraction of sp³-hybridized carbons (Fsp3) is 0.435. The van der Waals surface area contributed by atoms with Crippen molar-refractivity contribution in [3.8, 4) is 0 Å². The molecule has 2 fully saturated rings. The largest absolute Gasteiger partial charge is 0.468 e. The molecule has 1 saturated heterocycles. The van der Waals surface area contributed by atoms with Gasteiger partial charge < -0.3 is 18.5 Å². The molecule has 6 nitrogen and oxygen atoms in total. The van der Waals surface area contributed by atoms with E-state index in [0.717, 1.165) is 56.0 Å². The van der Waals surface area contributed by atoms with Gasteiger partial charge in [-0.3, -0.25) is 5.32 Å². The molecule has 6 heteroatoms. The topological polar surface area (TPSA) is 63.7 Å². The molecule has 0 bridgehead atoms. The molecule has 0 amide bonds. The smallest absolute Gasteiger partial charge is 0.220 e. The molecule has 0 radical (unpaired) electrons. The summed E-state index contributed by atoms with van der Waals surface area (Å²) in [5, 5.41) is 3.61. The van der Waals surface area contributed by atoms with Gasteiger partial charge in [0.25, 0.3) is 0 Å². The second-order valence-electron chi connectivity index (χ2n) is 7.84. The Bertz CT molecular complexity index is 897. The van der Waals surface area contributed by atoms with Crippen LogP contribution in [0.5, 0.6) is 0 Å². The molecule has 1 aromatic carbocycles. The number of morpholine rings is 1. The summed E-state index contributed by atoms with van der Waals surface area (Å²) in [5.41, 5.74) is 2.26. The molecule has 2 aromatic heterocycles. The van der Waals surface area contributed by atoms with E-state index in [1.165, 1.54) is 18.4 Å². The number of ether oxygens (including phenoxy) is 1. The van der Waals surface area contributed by atoms with E-state index in [0.29, 0.717) is 12.5 Å². The Morgan fingerprint density at radius 3 is 2.62 bits per heavy atom. The lowest BCUT2D eigenvalue weighted by molar-refractivity contribution is 0.120. The number of anilines is 1. The molecule has 1 aliphatic carbocycles. The summed E-state index contributed by atoms with van der Waals surface area (Å²) in [6, 6.07) is 14.5. The minimum Gasteiger partial charge on any atom is -0.468 e. The maximum absolute atomic E-state index is 6.43. The third-order valence-corrected chi connectivity index (χ3v) is 5.64. The van der Waals surface area contributed by atoms with Gasteiger partial charge in [0.15, 0.2) is 0 Å². The van der Waals surface area contributed by atoms with E-state index in [1.54, 1.807) is 6.26 Å². The summed E-state index contributed by atoms with van der Waals surface area (Å²) in [5.74, 6) is 3.20. The van der Waals surface area contributed by atoms with Crippen molar-refractivity contribution in [2.75, 3.05) is 31.2 Å². The molecular weight excluding hydrogens is 366 g/mol. The predicted octanol–water partition coefficient (Wildman–Crippen LogP) is 3.94. The number of nitrogens with one attached hydrogen (secondary N) is 1. The van der Waals surface area contributed by atoms with Crippen LogP contribution < -0.4 is 10.2 Å². The number of hydrogen-bond donors (Lipinski definition) is 1. The van der Waals surface area contributed by atoms with Gasteiger partial charge in [-0.25, -0.2) is 4.98 Å². The van der Waals surface area contributed by atoms with E-state index < -0.39 is 0 Å². The number of benzene rings is 1. The van der Waals surface area contributed by atoms with Crippen molar-refractivity contribution >= 4 is 5.88 Å². The zero-order valence-electron chi connectivity index (χ0n) is 16.5. The van der Waals surface area contributed by atoms with Crippen LogP contribution in [0.1, 0.15) is 41.8 Å². The first-order chi connectivity index (χ1) is 14.4. The SMILES string of the molecule is c1ccc(Cc2nc(C(NCc3ccco3)C3CC3)oc2N2CCOCC2)cc1. The van der Waals surface area contributed by atoms with Crippen molar-refractivity contribution in [3.63, 3.8) is 0 Å². The molecule has 2 aliphatic rings. The molecule has 1 saturated carbocycles. The van der Waals surface area contributed by atoms with Crippen LogP contribution in [0.3, 0.4) is 0 Å². The number of rotatable bonds is 8. The molecule has 1 N–H and O–H groups in total. The maximum Gasteiger partial charge on any atom is 0.220 e. The summed E-state index contributed by atoms with van der Waals surface area (Å²) in [6.45, 7) is 3.80. The number of hydrogen-bond acceptors (Lipinski definition) is 6. The summed E-state index contributed by atoms with van der Waals surface area (Å²) in [6.07, 6.45) is 4.90. The first-order valence-electron chi connectivity index (χ1n) is 10.5. The Balaban J connectivity index is 1.41. The average molecular weight is 393 g/mol. The standard InChI is InChI=1S/C23H27N3O3/c1-2-5-17(6-3-1)15-20-23(26-10-13-27-14-11-26)29-22(25-20)21(18-8-9-18)24-16-19-7-4-12-28-19/h1-7,12,18,21,24H,8-11,13-16H2. The lowest BCUT2D eigenvalue weighted by atomic mass is 10.1. The molecule has 1 atom stereocenters. The Labute approximate surface area is 170 Å². The van der Waals surface area contributed by atoms with Gasteiger partial charge in [-0.05, 0) is 36.5 Å². The van der Waals surface area contributed by atoms with Crippen molar-refractivity contribution in [2.24, 2.45) is 5.92 Å². The molecule has 1 aliphatic heterocycles. The highest BCUT2D eigenvalue weighted by Gasteiger charge is 2.36. The van der Waals surface area contributed by atoms with Crippen molar-refractivity contribution in [3.05, 3.63) is 71.6 Å². The Morgan fingerprint density at radius 1 is 1.07 bits per heavy atom. The van der Waals surface area contributed by atoms with Gasteiger partial charge in [0, 0.05) is 19.5 Å². The third-order valence-electron chi connectivity index (χ3n) is 5.64. The van der Waals surface area contributed by atoms with Gasteiger partial charge in [0.05, 0.1) is 32.1 Å². The molecule has 1 unspecified atom stereocenters. The predicted molar refractivity (Wildman–Crippen MR) is 110 cm³/mol. The molecular formula is C23H27N3O3. The number of nitrogens with zero attached hydrogens (tertiary/aromatic N) is 2. The molecule has 29 heavy (non-hydrogen) atoms. The average Bonchev–Trinajstić information content (AvgIpc) is 3.30. The van der Waals surface area contributed by atoms with E-state index in [1.807, 2.05) is 18.2 Å². The summed E-state index contributed by atoms with van der Waals surface area (Å²) in [4.78, 5) is 7.27. The van der Waals surface area contributed by atoms with Crippen molar-refractivity contribution < 1.29 is 13.6 Å². The molecule has 152 valence electrons. The van der Waals surface area contributed by atoms with Crippen molar-refractivity contribution in [1.29, 1.82) is 0 Å². The molecule has 3 aromatic rings. The first-order valence-corrected chi connectivity index (χ1v) is 10.5. The summed E-state index contributed by atoms with van der Waals surface area (Å²) >= 11 is 0. The number of furan rings is 1. The quantitative estimate of drug-likeness (QED) is 0.626. The normalized spacial score (nSPS) is 18.1. The summed E-state index contributed by atoms with van der Waals surface area (Å²) < 4.78 is 17.4. The lowest BCUT2D eigenvalue weighted by Crippen LogP contribution is -2.36. The lowest BCUT2D eigenvalue weighted by Gasteiger charge is -2.27. The summed E-state index contributed by atoms with van der Waals surface area (Å²) in [7, 11) is 0. The second-order valence-corrected chi connectivity index (χ2v) is 7.84. The van der Waals surface area contributed by atoms with Crippen LogP contribution in [0.25, 0.3) is 0 Å². The minimum atomic E-state index is 0.115.